The van der Waals surface area contributed by atoms with E-state index in [1.165, 1.54) is 12.1 Å². The van der Waals surface area contributed by atoms with Crippen molar-refractivity contribution in [2.75, 3.05) is 61.7 Å². The summed E-state index contributed by atoms with van der Waals surface area (Å²) in [6, 6.07) is 14.1. The zero-order valence-electron chi connectivity index (χ0n) is 24.4. The first kappa shape index (κ1) is 28.9. The van der Waals surface area contributed by atoms with Crippen LogP contribution in [-0.4, -0.2) is 79.5 Å². The minimum atomic E-state index is -0.634. The number of pyridine rings is 1. The zero-order valence-corrected chi connectivity index (χ0v) is 24.4. The zero-order chi connectivity index (χ0) is 29.8. The first-order chi connectivity index (χ1) is 21.0. The minimum Gasteiger partial charge on any atom is -0.382 e. The predicted molar refractivity (Wildman–Crippen MR) is 165 cm³/mol. The fraction of sp³-hybridized carbons (Fsp3) is 0.375. The number of fused-ring (bicyclic) bond motifs is 1. The van der Waals surface area contributed by atoms with E-state index in [1.54, 1.807) is 30.5 Å². The number of aromatic nitrogens is 3. The van der Waals surface area contributed by atoms with Gasteiger partial charge in [0.2, 0.25) is 5.95 Å². The van der Waals surface area contributed by atoms with Crippen molar-refractivity contribution >= 4 is 40.0 Å². The van der Waals surface area contributed by atoms with Crippen molar-refractivity contribution in [3.8, 4) is 0 Å². The van der Waals surface area contributed by atoms with E-state index in [-0.39, 0.29) is 17.6 Å². The van der Waals surface area contributed by atoms with Crippen molar-refractivity contribution in [2.24, 2.45) is 0 Å². The smallest absolute Gasteiger partial charge is 0.262 e. The van der Waals surface area contributed by atoms with Gasteiger partial charge in [0.25, 0.3) is 5.91 Å². The number of carbonyl (C=O) groups is 1. The largest absolute Gasteiger partial charge is 0.382 e. The summed E-state index contributed by atoms with van der Waals surface area (Å²) in [4.78, 5) is 31.6. The lowest BCUT2D eigenvalue weighted by molar-refractivity contribution is 0.0598. The summed E-state index contributed by atoms with van der Waals surface area (Å²) in [5.41, 5.74) is 1.43. The normalized spacial score (nSPS) is 18.9. The van der Waals surface area contributed by atoms with E-state index in [0.29, 0.717) is 50.4 Å². The molecule has 2 N–H and O–H groups in total. The molecule has 2 atom stereocenters. The molecule has 0 spiro atoms. The Hall–Kier alpha value is -4.19. The monoisotopic (exact) mass is 585 g/mol. The number of piperidine rings is 1. The third kappa shape index (κ3) is 6.15. The van der Waals surface area contributed by atoms with Crippen LogP contribution in [0.2, 0.25) is 0 Å². The van der Waals surface area contributed by atoms with Gasteiger partial charge < -0.3 is 25.0 Å². The van der Waals surface area contributed by atoms with Crippen LogP contribution < -0.4 is 20.4 Å². The molecule has 4 aromatic rings. The number of anilines is 4. The van der Waals surface area contributed by atoms with Crippen LogP contribution in [0.25, 0.3) is 10.8 Å². The number of morpholine rings is 1. The summed E-state index contributed by atoms with van der Waals surface area (Å²) in [5.74, 6) is 0.547. The van der Waals surface area contributed by atoms with Gasteiger partial charge in [-0.1, -0.05) is 18.2 Å². The second-order valence-electron chi connectivity index (χ2n) is 10.9. The summed E-state index contributed by atoms with van der Waals surface area (Å²) >= 11 is 0. The Morgan fingerprint density at radius 1 is 1.21 bits per heavy atom. The molecular formula is C32H36FN7O3. The molecule has 43 heavy (non-hydrogen) atoms. The molecule has 4 heterocycles. The first-order valence-corrected chi connectivity index (χ1v) is 14.6. The van der Waals surface area contributed by atoms with Gasteiger partial charge >= 0.3 is 0 Å². The molecule has 2 aromatic carbocycles. The van der Waals surface area contributed by atoms with E-state index in [4.69, 9.17) is 9.47 Å². The minimum absolute atomic E-state index is 0.0195. The number of methoxy groups -OCH3 is 1. The Morgan fingerprint density at radius 3 is 2.91 bits per heavy atom. The fourth-order valence-electron chi connectivity index (χ4n) is 5.94. The van der Waals surface area contributed by atoms with E-state index in [2.05, 4.69) is 30.5 Å². The maximum absolute atomic E-state index is 15.7. The standard InChI is InChI=1S/C32H36FN7O3/c1-21-5-3-6-22-10-13-35-30(29(21)22)40(24-7-4-12-34-18-24)31(41)26-9-8-23(17-27(26)33)37-32-36-14-11-28(38-32)39-15-16-43-20-25(39)19-42-2/h3,5-6,8-11,13-14,17,24-25,34H,4,7,12,15-16,18-20H2,1-2H3,(H,36,37,38)/t24-,25-/m1/s1. The molecule has 0 radical (unpaired) electrons. The van der Waals surface area contributed by atoms with Gasteiger partial charge in [-0.2, -0.15) is 4.98 Å². The summed E-state index contributed by atoms with van der Waals surface area (Å²) in [5, 5.41) is 8.36. The van der Waals surface area contributed by atoms with Crippen molar-refractivity contribution in [3.05, 3.63) is 77.9 Å². The van der Waals surface area contributed by atoms with Crippen molar-refractivity contribution in [3.63, 3.8) is 0 Å². The molecule has 224 valence electrons. The van der Waals surface area contributed by atoms with Gasteiger partial charge in [-0.3, -0.25) is 9.69 Å². The molecule has 0 bridgehead atoms. The predicted octanol–water partition coefficient (Wildman–Crippen LogP) is 4.47. The summed E-state index contributed by atoms with van der Waals surface area (Å²) in [6.45, 7) is 5.82. The van der Waals surface area contributed by atoms with E-state index >= 15 is 4.39 Å². The molecular weight excluding hydrogens is 549 g/mol. The number of amides is 1. The molecule has 2 aliphatic heterocycles. The van der Waals surface area contributed by atoms with Crippen molar-refractivity contribution in [2.45, 2.75) is 31.8 Å². The van der Waals surface area contributed by atoms with Crippen LogP contribution in [0.15, 0.2) is 60.9 Å². The number of ether oxygens (including phenoxy) is 2. The van der Waals surface area contributed by atoms with Crippen LogP contribution in [-0.2, 0) is 9.47 Å². The fourth-order valence-corrected chi connectivity index (χ4v) is 5.94. The van der Waals surface area contributed by atoms with Crippen molar-refractivity contribution in [1.82, 2.24) is 20.3 Å². The third-order valence-corrected chi connectivity index (χ3v) is 8.04. The molecule has 0 aliphatic carbocycles. The Balaban J connectivity index is 1.28. The number of halogens is 1. The molecule has 6 rings (SSSR count). The van der Waals surface area contributed by atoms with Gasteiger partial charge in [-0.05, 0) is 67.6 Å². The second-order valence-corrected chi connectivity index (χ2v) is 10.9. The highest BCUT2D eigenvalue weighted by atomic mass is 19.1. The van der Waals surface area contributed by atoms with Gasteiger partial charge in [0.05, 0.1) is 37.5 Å². The number of aryl methyl sites for hydroxylation is 1. The quantitative estimate of drug-likeness (QED) is 0.310. The highest BCUT2D eigenvalue weighted by Crippen LogP contribution is 2.32. The molecule has 2 fully saturated rings. The Morgan fingerprint density at radius 2 is 2.09 bits per heavy atom. The van der Waals surface area contributed by atoms with Gasteiger partial charge in [0, 0.05) is 43.7 Å². The van der Waals surface area contributed by atoms with Crippen LogP contribution in [0.1, 0.15) is 28.8 Å². The Labute approximate surface area is 250 Å². The van der Waals surface area contributed by atoms with E-state index in [0.717, 1.165) is 41.5 Å². The third-order valence-electron chi connectivity index (χ3n) is 8.04. The van der Waals surface area contributed by atoms with E-state index < -0.39 is 11.7 Å². The highest BCUT2D eigenvalue weighted by Gasteiger charge is 2.32. The number of carbonyl (C=O) groups excluding carboxylic acids is 1. The summed E-state index contributed by atoms with van der Waals surface area (Å²) < 4.78 is 26.7. The number of rotatable bonds is 8. The maximum Gasteiger partial charge on any atom is 0.262 e. The second kappa shape index (κ2) is 13.0. The number of nitrogens with zero attached hydrogens (tertiary/aromatic N) is 5. The Kier molecular flexibility index (Phi) is 8.73. The van der Waals surface area contributed by atoms with Gasteiger partial charge in [-0.15, -0.1) is 0 Å². The summed E-state index contributed by atoms with van der Waals surface area (Å²) in [7, 11) is 1.66. The van der Waals surface area contributed by atoms with Gasteiger partial charge in [0.15, 0.2) is 0 Å². The molecule has 0 saturated carbocycles. The van der Waals surface area contributed by atoms with Crippen LogP contribution in [0.3, 0.4) is 0 Å². The van der Waals surface area contributed by atoms with Crippen molar-refractivity contribution < 1.29 is 18.7 Å². The number of nitrogens with one attached hydrogen (secondary N) is 2. The lowest BCUT2D eigenvalue weighted by Crippen LogP contribution is -2.49. The molecule has 10 nitrogen and oxygen atoms in total. The topological polar surface area (TPSA) is 105 Å². The first-order valence-electron chi connectivity index (χ1n) is 14.6. The SMILES string of the molecule is COC[C@@H]1COCCN1c1ccnc(Nc2ccc(C(=O)N(c3nccc4cccc(C)c34)[C@@H]3CCCNC3)c(F)c2)n1. The lowest BCUT2D eigenvalue weighted by atomic mass is 10.0. The molecule has 0 unspecified atom stereocenters. The molecule has 2 aromatic heterocycles. The molecule has 2 saturated heterocycles. The Bertz CT molecular complexity index is 1590. The number of hydrogen-bond acceptors (Lipinski definition) is 9. The summed E-state index contributed by atoms with van der Waals surface area (Å²) in [6.07, 6.45) is 5.08. The number of benzene rings is 2. The van der Waals surface area contributed by atoms with Gasteiger partial charge in [-0.25, -0.2) is 14.4 Å². The average molecular weight is 586 g/mol. The highest BCUT2D eigenvalue weighted by molar-refractivity contribution is 6.11. The van der Waals surface area contributed by atoms with Crippen LogP contribution in [0, 0.1) is 12.7 Å². The molecule has 2 aliphatic rings. The lowest BCUT2D eigenvalue weighted by Gasteiger charge is -2.36. The average Bonchev–Trinajstić information content (AvgIpc) is 3.02. The van der Waals surface area contributed by atoms with E-state index in [1.807, 2.05) is 37.3 Å². The van der Waals surface area contributed by atoms with Crippen LogP contribution in [0.5, 0.6) is 0 Å². The van der Waals surface area contributed by atoms with Crippen LogP contribution in [0.4, 0.5) is 27.7 Å². The van der Waals surface area contributed by atoms with Crippen molar-refractivity contribution in [1.29, 1.82) is 0 Å². The van der Waals surface area contributed by atoms with Crippen LogP contribution >= 0.6 is 0 Å². The van der Waals surface area contributed by atoms with E-state index in [9.17, 15) is 4.79 Å². The molecule has 1 amide bonds. The molecule has 11 heteroatoms. The number of hydrogen-bond donors (Lipinski definition) is 2. The van der Waals surface area contributed by atoms with Gasteiger partial charge in [0.1, 0.15) is 17.5 Å². The maximum atomic E-state index is 15.7.